The van der Waals surface area contributed by atoms with Gasteiger partial charge in [0.1, 0.15) is 5.75 Å². The molecule has 0 spiro atoms. The predicted octanol–water partition coefficient (Wildman–Crippen LogP) is 1.56. The lowest BCUT2D eigenvalue weighted by molar-refractivity contribution is -0.124. The fourth-order valence-electron chi connectivity index (χ4n) is 2.26. The Balaban J connectivity index is 1.85. The maximum Gasteiger partial charge on any atom is 0.258 e. The van der Waals surface area contributed by atoms with Gasteiger partial charge in [0.25, 0.3) is 5.91 Å². The van der Waals surface area contributed by atoms with E-state index in [1.165, 1.54) is 0 Å². The van der Waals surface area contributed by atoms with Gasteiger partial charge in [0.15, 0.2) is 6.61 Å². The van der Waals surface area contributed by atoms with Crippen molar-refractivity contribution in [1.29, 1.82) is 0 Å². The van der Waals surface area contributed by atoms with Crippen molar-refractivity contribution in [3.05, 3.63) is 23.3 Å². The summed E-state index contributed by atoms with van der Waals surface area (Å²) in [6, 6.07) is 3.93. The van der Waals surface area contributed by atoms with Gasteiger partial charge in [-0.1, -0.05) is 6.07 Å². The molecule has 1 aromatic rings. The summed E-state index contributed by atoms with van der Waals surface area (Å²) in [5.41, 5.74) is 8.52. The van der Waals surface area contributed by atoms with Crippen molar-refractivity contribution in [3.63, 3.8) is 0 Å². The highest BCUT2D eigenvalue weighted by atomic mass is 16.5. The van der Waals surface area contributed by atoms with E-state index in [2.05, 4.69) is 5.32 Å². The van der Waals surface area contributed by atoms with Crippen LogP contribution in [-0.2, 0) is 9.53 Å². The van der Waals surface area contributed by atoms with Crippen LogP contribution in [0.5, 0.6) is 5.75 Å². The minimum atomic E-state index is -0.101. The van der Waals surface area contributed by atoms with Crippen molar-refractivity contribution in [2.24, 2.45) is 0 Å². The van der Waals surface area contributed by atoms with E-state index in [0.29, 0.717) is 24.7 Å². The van der Waals surface area contributed by atoms with Gasteiger partial charge in [-0.2, -0.15) is 0 Å². The van der Waals surface area contributed by atoms with E-state index in [9.17, 15) is 4.79 Å². The summed E-state index contributed by atoms with van der Waals surface area (Å²) in [5, 5.41) is 2.96. The summed E-state index contributed by atoms with van der Waals surface area (Å²) in [6.07, 6.45) is 1.73. The number of ether oxygens (including phenoxy) is 2. The van der Waals surface area contributed by atoms with Gasteiger partial charge in [0.05, 0.1) is 0 Å². The molecule has 1 aromatic carbocycles. The van der Waals surface area contributed by atoms with Crippen molar-refractivity contribution in [2.45, 2.75) is 32.7 Å². The van der Waals surface area contributed by atoms with Crippen molar-refractivity contribution in [3.8, 4) is 5.75 Å². The Morgan fingerprint density at radius 3 is 2.75 bits per heavy atom. The summed E-state index contributed by atoms with van der Waals surface area (Å²) >= 11 is 0. The minimum absolute atomic E-state index is 0.0146. The predicted molar refractivity (Wildman–Crippen MR) is 77.8 cm³/mol. The lowest BCUT2D eigenvalue weighted by Gasteiger charge is -2.23. The average molecular weight is 278 g/mol. The van der Waals surface area contributed by atoms with Gasteiger partial charge in [-0.15, -0.1) is 0 Å². The third-order valence-electron chi connectivity index (χ3n) is 3.51. The van der Waals surface area contributed by atoms with Crippen LogP contribution in [0.2, 0.25) is 0 Å². The Labute approximate surface area is 119 Å². The zero-order valence-corrected chi connectivity index (χ0v) is 12.1. The number of hydrogen-bond acceptors (Lipinski definition) is 4. The molecule has 0 unspecified atom stereocenters. The van der Waals surface area contributed by atoms with Crippen molar-refractivity contribution >= 4 is 11.6 Å². The number of carbonyl (C=O) groups excluding carboxylic acids is 1. The number of amides is 1. The van der Waals surface area contributed by atoms with Gasteiger partial charge in [0, 0.05) is 31.0 Å². The number of hydrogen-bond donors (Lipinski definition) is 2. The van der Waals surface area contributed by atoms with Crippen LogP contribution in [0.1, 0.15) is 24.0 Å². The van der Waals surface area contributed by atoms with E-state index < -0.39 is 0 Å². The second kappa shape index (κ2) is 6.61. The number of nitrogens with two attached hydrogens (primary N) is 1. The number of nitrogens with one attached hydrogen (secondary N) is 1. The molecular formula is C15H22N2O3. The third kappa shape index (κ3) is 3.87. The highest BCUT2D eigenvalue weighted by Crippen LogP contribution is 2.24. The van der Waals surface area contributed by atoms with Gasteiger partial charge in [0.2, 0.25) is 0 Å². The normalized spacial score (nSPS) is 15.9. The number of carbonyl (C=O) groups is 1. The molecule has 0 aliphatic carbocycles. The quantitative estimate of drug-likeness (QED) is 0.820. The average Bonchev–Trinajstić information content (AvgIpc) is 2.42. The smallest absolute Gasteiger partial charge is 0.258 e. The number of rotatable bonds is 4. The Hall–Kier alpha value is -1.75. The van der Waals surface area contributed by atoms with Gasteiger partial charge in [-0.25, -0.2) is 0 Å². The first-order valence-electron chi connectivity index (χ1n) is 6.93. The molecule has 1 heterocycles. The SMILES string of the molecule is Cc1cc(C)c(OCC(=O)NC2CCOCC2)cc1N. The molecule has 5 nitrogen and oxygen atoms in total. The largest absolute Gasteiger partial charge is 0.483 e. The number of benzene rings is 1. The maximum atomic E-state index is 11.8. The van der Waals surface area contributed by atoms with Gasteiger partial charge in [-0.05, 0) is 37.8 Å². The molecule has 0 saturated carbocycles. The van der Waals surface area contributed by atoms with Crippen LogP contribution >= 0.6 is 0 Å². The molecule has 1 amide bonds. The summed E-state index contributed by atoms with van der Waals surface area (Å²) in [6.45, 7) is 5.32. The van der Waals surface area contributed by atoms with Crippen LogP contribution in [0.25, 0.3) is 0 Å². The number of anilines is 1. The fourth-order valence-corrected chi connectivity index (χ4v) is 2.26. The molecule has 1 fully saturated rings. The van der Waals surface area contributed by atoms with Crippen molar-refractivity contribution in [2.75, 3.05) is 25.6 Å². The molecule has 5 heteroatoms. The summed E-state index contributed by atoms with van der Waals surface area (Å²) in [7, 11) is 0. The van der Waals surface area contributed by atoms with E-state index in [1.54, 1.807) is 6.07 Å². The number of nitrogen functional groups attached to an aromatic ring is 1. The van der Waals surface area contributed by atoms with Crippen molar-refractivity contribution < 1.29 is 14.3 Å². The monoisotopic (exact) mass is 278 g/mol. The molecule has 1 saturated heterocycles. The van der Waals surface area contributed by atoms with Crippen LogP contribution in [0.4, 0.5) is 5.69 Å². The molecule has 2 rings (SSSR count). The Kier molecular flexibility index (Phi) is 4.84. The minimum Gasteiger partial charge on any atom is -0.483 e. The van der Waals surface area contributed by atoms with E-state index in [0.717, 1.165) is 24.0 Å². The fraction of sp³-hybridized carbons (Fsp3) is 0.533. The molecule has 110 valence electrons. The molecule has 20 heavy (non-hydrogen) atoms. The molecule has 3 N–H and O–H groups in total. The summed E-state index contributed by atoms with van der Waals surface area (Å²) in [5.74, 6) is 0.561. The zero-order valence-electron chi connectivity index (χ0n) is 12.1. The van der Waals surface area contributed by atoms with Crippen LogP contribution in [-0.4, -0.2) is 31.8 Å². The Morgan fingerprint density at radius 1 is 1.35 bits per heavy atom. The maximum absolute atomic E-state index is 11.8. The first-order chi connectivity index (χ1) is 9.56. The highest BCUT2D eigenvalue weighted by Gasteiger charge is 2.16. The standard InChI is InChI=1S/C15H22N2O3/c1-10-7-11(2)14(8-13(10)16)20-9-15(18)17-12-3-5-19-6-4-12/h7-8,12H,3-6,9,16H2,1-2H3,(H,17,18). The van der Waals surface area contributed by atoms with Crippen LogP contribution in [0, 0.1) is 13.8 Å². The molecule has 0 aromatic heterocycles. The van der Waals surface area contributed by atoms with Gasteiger partial charge >= 0.3 is 0 Å². The van der Waals surface area contributed by atoms with Crippen LogP contribution < -0.4 is 15.8 Å². The Morgan fingerprint density at radius 2 is 2.05 bits per heavy atom. The van der Waals surface area contributed by atoms with E-state index in [4.69, 9.17) is 15.2 Å². The summed E-state index contributed by atoms with van der Waals surface area (Å²) < 4.78 is 10.8. The number of aryl methyl sites for hydroxylation is 2. The first-order valence-corrected chi connectivity index (χ1v) is 6.93. The first kappa shape index (κ1) is 14.7. The molecule has 1 aliphatic heterocycles. The topological polar surface area (TPSA) is 73.6 Å². The third-order valence-corrected chi connectivity index (χ3v) is 3.51. The van der Waals surface area contributed by atoms with E-state index in [-0.39, 0.29) is 18.6 Å². The van der Waals surface area contributed by atoms with Crippen LogP contribution in [0.3, 0.4) is 0 Å². The Bertz CT molecular complexity index is 482. The second-order valence-corrected chi connectivity index (χ2v) is 5.22. The molecule has 1 aliphatic rings. The lowest BCUT2D eigenvalue weighted by atomic mass is 10.1. The molecule has 0 atom stereocenters. The van der Waals surface area contributed by atoms with Gasteiger partial charge in [-0.3, -0.25) is 4.79 Å². The van der Waals surface area contributed by atoms with E-state index in [1.807, 2.05) is 19.9 Å². The van der Waals surface area contributed by atoms with Gasteiger partial charge < -0.3 is 20.5 Å². The molecular weight excluding hydrogens is 256 g/mol. The summed E-state index contributed by atoms with van der Waals surface area (Å²) in [4.78, 5) is 11.8. The molecule has 0 radical (unpaired) electrons. The second-order valence-electron chi connectivity index (χ2n) is 5.22. The highest BCUT2D eigenvalue weighted by molar-refractivity contribution is 5.78. The lowest BCUT2D eigenvalue weighted by Crippen LogP contribution is -2.41. The van der Waals surface area contributed by atoms with E-state index >= 15 is 0 Å². The molecule has 0 bridgehead atoms. The zero-order chi connectivity index (χ0) is 14.5. The van der Waals surface area contributed by atoms with Crippen molar-refractivity contribution in [1.82, 2.24) is 5.32 Å². The van der Waals surface area contributed by atoms with Crippen LogP contribution in [0.15, 0.2) is 12.1 Å².